The molecule has 0 amide bonds. The fraction of sp³-hybridized carbons (Fsp3) is 0.625. The van der Waals surface area contributed by atoms with E-state index in [9.17, 15) is 0 Å². The summed E-state index contributed by atoms with van der Waals surface area (Å²) in [7, 11) is 0. The zero-order chi connectivity index (χ0) is 15.0. The van der Waals surface area contributed by atoms with Crippen molar-refractivity contribution in [2.75, 3.05) is 19.8 Å². The van der Waals surface area contributed by atoms with Gasteiger partial charge in [0.05, 0.1) is 0 Å². The Kier molecular flexibility index (Phi) is 8.55. The van der Waals surface area contributed by atoms with Gasteiger partial charge in [-0.3, -0.25) is 0 Å². The monoisotopic (exact) mass is 317 g/mol. The molecule has 0 spiro atoms. The zero-order valence-corrected chi connectivity index (χ0v) is 14.1. The van der Waals surface area contributed by atoms with Crippen molar-refractivity contribution in [2.24, 2.45) is 5.92 Å². The minimum absolute atomic E-state index is 0.268. The van der Waals surface area contributed by atoms with Crippen molar-refractivity contribution < 1.29 is 4.74 Å². The molecule has 1 atom stereocenters. The van der Waals surface area contributed by atoms with Crippen LogP contribution < -0.4 is 5.32 Å². The topological polar surface area (TPSA) is 21.3 Å². The highest BCUT2D eigenvalue weighted by Gasteiger charge is 2.12. The van der Waals surface area contributed by atoms with E-state index in [0.717, 1.165) is 43.2 Å². The fourth-order valence-corrected chi connectivity index (χ4v) is 2.57. The predicted molar refractivity (Wildman–Crippen MR) is 87.8 cm³/mol. The van der Waals surface area contributed by atoms with Gasteiger partial charge >= 0.3 is 0 Å². The molecule has 20 heavy (non-hydrogen) atoms. The van der Waals surface area contributed by atoms with Gasteiger partial charge < -0.3 is 10.1 Å². The second-order valence-electron chi connectivity index (χ2n) is 5.40. The summed E-state index contributed by atoms with van der Waals surface area (Å²) < 4.78 is 5.57. The van der Waals surface area contributed by atoms with Crippen LogP contribution in [0.1, 0.15) is 45.2 Å². The minimum atomic E-state index is 0.268. The van der Waals surface area contributed by atoms with Crippen LogP contribution in [0.5, 0.6) is 0 Å². The number of hydrogen-bond donors (Lipinski definition) is 1. The largest absolute Gasteiger partial charge is 0.381 e. The molecule has 2 nitrogen and oxygen atoms in total. The van der Waals surface area contributed by atoms with E-state index in [1.807, 2.05) is 12.1 Å². The van der Waals surface area contributed by atoms with Crippen LogP contribution in [0, 0.1) is 5.92 Å². The summed E-state index contributed by atoms with van der Waals surface area (Å²) in [5.74, 6) is 0.597. The maximum Gasteiger partial charge on any atom is 0.0489 e. The molecule has 0 saturated heterocycles. The lowest BCUT2D eigenvalue weighted by Crippen LogP contribution is -2.23. The molecular weight excluding hydrogens is 293 g/mol. The third-order valence-corrected chi connectivity index (χ3v) is 3.62. The van der Waals surface area contributed by atoms with Gasteiger partial charge in [-0.15, -0.1) is 0 Å². The Morgan fingerprint density at radius 3 is 2.60 bits per heavy atom. The van der Waals surface area contributed by atoms with Gasteiger partial charge in [-0.05, 0) is 43.0 Å². The van der Waals surface area contributed by atoms with Crippen LogP contribution in [0.15, 0.2) is 18.2 Å². The van der Waals surface area contributed by atoms with Gasteiger partial charge in [-0.25, -0.2) is 0 Å². The molecule has 0 heterocycles. The molecule has 1 N–H and O–H groups in total. The number of ether oxygens (including phenoxy) is 1. The summed E-state index contributed by atoms with van der Waals surface area (Å²) >= 11 is 12.2. The summed E-state index contributed by atoms with van der Waals surface area (Å²) in [5.41, 5.74) is 1.11. The summed E-state index contributed by atoms with van der Waals surface area (Å²) in [6, 6.07) is 5.96. The highest BCUT2D eigenvalue weighted by molar-refractivity contribution is 6.35. The van der Waals surface area contributed by atoms with E-state index in [0.29, 0.717) is 10.9 Å². The number of rotatable bonds is 9. The summed E-state index contributed by atoms with van der Waals surface area (Å²) in [5, 5.41) is 4.93. The van der Waals surface area contributed by atoms with Gasteiger partial charge in [-0.1, -0.05) is 50.0 Å². The van der Waals surface area contributed by atoms with E-state index in [1.165, 1.54) is 0 Å². The molecule has 0 aliphatic heterocycles. The molecule has 114 valence electrons. The van der Waals surface area contributed by atoms with Crippen LogP contribution in [0.2, 0.25) is 10.0 Å². The average molecular weight is 318 g/mol. The molecular formula is C16H25Cl2NO. The lowest BCUT2D eigenvalue weighted by Gasteiger charge is -2.19. The van der Waals surface area contributed by atoms with Crippen LogP contribution >= 0.6 is 23.2 Å². The van der Waals surface area contributed by atoms with Crippen LogP contribution in [0.3, 0.4) is 0 Å². The standard InChI is InChI=1S/C16H25Cl2NO/c1-4-16(14-7-6-13(17)10-15(14)18)19-8-5-9-20-11-12(2)3/h6-7,10,12,16,19H,4-5,8-9,11H2,1-3H3. The van der Waals surface area contributed by atoms with E-state index >= 15 is 0 Å². The molecule has 1 aromatic rings. The molecule has 0 bridgehead atoms. The van der Waals surface area contributed by atoms with E-state index in [1.54, 1.807) is 6.07 Å². The summed E-state index contributed by atoms with van der Waals surface area (Å²) in [6.45, 7) is 9.03. The van der Waals surface area contributed by atoms with Crippen LogP contribution in [0.25, 0.3) is 0 Å². The van der Waals surface area contributed by atoms with Crippen LogP contribution in [-0.2, 0) is 4.74 Å². The third kappa shape index (κ3) is 6.45. The Morgan fingerprint density at radius 1 is 1.25 bits per heavy atom. The van der Waals surface area contributed by atoms with Crippen LogP contribution in [0.4, 0.5) is 0 Å². The van der Waals surface area contributed by atoms with E-state index < -0.39 is 0 Å². The fourth-order valence-electron chi connectivity index (χ4n) is 2.03. The van der Waals surface area contributed by atoms with Crippen molar-refractivity contribution in [1.29, 1.82) is 0 Å². The van der Waals surface area contributed by atoms with E-state index in [-0.39, 0.29) is 6.04 Å². The Morgan fingerprint density at radius 2 is 2.00 bits per heavy atom. The predicted octanol–water partition coefficient (Wildman–Crippen LogP) is 5.10. The first-order valence-corrected chi connectivity index (χ1v) is 8.06. The van der Waals surface area contributed by atoms with Crippen molar-refractivity contribution in [3.8, 4) is 0 Å². The zero-order valence-electron chi connectivity index (χ0n) is 12.6. The highest BCUT2D eigenvalue weighted by atomic mass is 35.5. The van der Waals surface area contributed by atoms with Crippen molar-refractivity contribution >= 4 is 23.2 Å². The molecule has 0 aliphatic carbocycles. The van der Waals surface area contributed by atoms with Gasteiger partial charge in [0.1, 0.15) is 0 Å². The molecule has 0 aliphatic rings. The van der Waals surface area contributed by atoms with Gasteiger partial charge in [0.2, 0.25) is 0 Å². The smallest absolute Gasteiger partial charge is 0.0489 e. The number of nitrogens with one attached hydrogen (secondary N) is 1. The van der Waals surface area contributed by atoms with Crippen LogP contribution in [-0.4, -0.2) is 19.8 Å². The molecule has 0 saturated carbocycles. The van der Waals surface area contributed by atoms with Gasteiger partial charge in [0.25, 0.3) is 0 Å². The first-order valence-electron chi connectivity index (χ1n) is 7.30. The van der Waals surface area contributed by atoms with Gasteiger partial charge in [-0.2, -0.15) is 0 Å². The first kappa shape index (κ1) is 17.8. The van der Waals surface area contributed by atoms with Crippen molar-refractivity contribution in [3.05, 3.63) is 33.8 Å². The van der Waals surface area contributed by atoms with E-state index in [2.05, 4.69) is 26.1 Å². The Hall–Kier alpha value is -0.280. The van der Waals surface area contributed by atoms with Gasteiger partial charge in [0.15, 0.2) is 0 Å². The molecule has 0 radical (unpaired) electrons. The normalized spacial score (nSPS) is 12.9. The van der Waals surface area contributed by atoms with Crippen molar-refractivity contribution in [1.82, 2.24) is 5.32 Å². The number of halogens is 2. The first-order chi connectivity index (χ1) is 9.54. The highest BCUT2D eigenvalue weighted by Crippen LogP contribution is 2.27. The maximum absolute atomic E-state index is 6.25. The molecule has 1 unspecified atom stereocenters. The molecule has 0 fully saturated rings. The molecule has 1 aromatic carbocycles. The molecule has 0 aromatic heterocycles. The van der Waals surface area contributed by atoms with Crippen molar-refractivity contribution in [3.63, 3.8) is 0 Å². The summed E-state index contributed by atoms with van der Waals surface area (Å²) in [4.78, 5) is 0. The Balaban J connectivity index is 2.36. The van der Waals surface area contributed by atoms with Gasteiger partial charge in [0, 0.05) is 29.3 Å². The second-order valence-corrected chi connectivity index (χ2v) is 6.25. The average Bonchev–Trinajstić information content (AvgIpc) is 2.39. The van der Waals surface area contributed by atoms with Crippen molar-refractivity contribution in [2.45, 2.75) is 39.7 Å². The molecule has 1 rings (SSSR count). The third-order valence-electron chi connectivity index (χ3n) is 3.05. The Bertz CT molecular complexity index is 396. The summed E-state index contributed by atoms with van der Waals surface area (Å²) in [6.07, 6.45) is 2.00. The number of hydrogen-bond acceptors (Lipinski definition) is 2. The number of benzene rings is 1. The minimum Gasteiger partial charge on any atom is -0.381 e. The molecule has 4 heteroatoms. The second kappa shape index (κ2) is 9.62. The Labute approximate surface area is 132 Å². The SMILES string of the molecule is CCC(NCCCOCC(C)C)c1ccc(Cl)cc1Cl. The van der Waals surface area contributed by atoms with E-state index in [4.69, 9.17) is 27.9 Å². The maximum atomic E-state index is 6.25. The quantitative estimate of drug-likeness (QED) is 0.640. The lowest BCUT2D eigenvalue weighted by molar-refractivity contribution is 0.107. The lowest BCUT2D eigenvalue weighted by atomic mass is 10.0.